The van der Waals surface area contributed by atoms with E-state index in [1.54, 1.807) is 18.2 Å². The molecule has 3 rings (SSSR count). The second-order valence-electron chi connectivity index (χ2n) is 4.64. The van der Waals surface area contributed by atoms with Crippen LogP contribution >= 0.6 is 0 Å². The molecule has 0 radical (unpaired) electrons. The Morgan fingerprint density at radius 3 is 3.00 bits per heavy atom. The Morgan fingerprint density at radius 1 is 1.56 bits per heavy atom. The smallest absolute Gasteiger partial charge is 0.417 e. The Labute approximate surface area is 101 Å². The van der Waals surface area contributed by atoms with E-state index in [-0.39, 0.29) is 17.9 Å². The van der Waals surface area contributed by atoms with Crippen LogP contribution in [0.2, 0.25) is 0 Å². The predicted octanol–water partition coefficient (Wildman–Crippen LogP) is 0.842. The fourth-order valence-electron chi connectivity index (χ4n) is 2.32. The monoisotopic (exact) mass is 248 g/mol. The summed E-state index contributed by atoms with van der Waals surface area (Å²) in [6.45, 7) is 0. The Balaban J connectivity index is 1.90. The molecule has 2 aromatic rings. The van der Waals surface area contributed by atoms with Gasteiger partial charge in [-0.3, -0.25) is 9.78 Å². The molecule has 1 saturated carbocycles. The molecule has 0 bridgehead atoms. The minimum absolute atomic E-state index is 0.0291. The normalized spacial score (nSPS) is 24.1. The summed E-state index contributed by atoms with van der Waals surface area (Å²) in [7, 11) is 0. The maximum atomic E-state index is 11.0. The third-order valence-corrected chi connectivity index (χ3v) is 3.45. The van der Waals surface area contributed by atoms with Crippen LogP contribution in [0.15, 0.2) is 27.4 Å². The van der Waals surface area contributed by atoms with Crippen LogP contribution in [0.1, 0.15) is 18.0 Å². The Kier molecular flexibility index (Phi) is 2.27. The Bertz CT molecular complexity index is 672. The highest BCUT2D eigenvalue weighted by Crippen LogP contribution is 2.46. The highest BCUT2D eigenvalue weighted by molar-refractivity contribution is 5.75. The molecule has 0 amide bonds. The third kappa shape index (κ3) is 1.70. The number of fused-ring (bicyclic) bond motifs is 1. The number of H-pyrrole nitrogens is 1. The van der Waals surface area contributed by atoms with Crippen molar-refractivity contribution in [3.63, 3.8) is 0 Å². The van der Waals surface area contributed by atoms with Gasteiger partial charge in [0.15, 0.2) is 5.58 Å². The summed E-state index contributed by atoms with van der Waals surface area (Å²) in [5, 5.41) is 8.88. The van der Waals surface area contributed by atoms with Crippen molar-refractivity contribution in [3.8, 4) is 0 Å². The first kappa shape index (κ1) is 11.0. The molecule has 18 heavy (non-hydrogen) atoms. The van der Waals surface area contributed by atoms with Gasteiger partial charge in [-0.2, -0.15) is 0 Å². The van der Waals surface area contributed by atoms with E-state index in [1.165, 1.54) is 0 Å². The number of carboxylic acids is 1. The van der Waals surface area contributed by atoms with Gasteiger partial charge >= 0.3 is 11.7 Å². The van der Waals surface area contributed by atoms with Crippen molar-refractivity contribution in [1.29, 1.82) is 0 Å². The highest BCUT2D eigenvalue weighted by atomic mass is 16.4. The molecule has 94 valence electrons. The number of oxazole rings is 1. The molecule has 0 spiro atoms. The molecule has 3 atom stereocenters. The molecule has 1 aromatic carbocycles. The van der Waals surface area contributed by atoms with Crippen molar-refractivity contribution in [3.05, 3.63) is 34.3 Å². The zero-order valence-corrected chi connectivity index (χ0v) is 9.42. The minimum atomic E-state index is -0.798. The van der Waals surface area contributed by atoms with Gasteiger partial charge in [0.2, 0.25) is 0 Å². The van der Waals surface area contributed by atoms with Crippen LogP contribution < -0.4 is 11.5 Å². The summed E-state index contributed by atoms with van der Waals surface area (Å²) in [5.74, 6) is -1.68. The lowest BCUT2D eigenvalue weighted by Crippen LogP contribution is -2.15. The summed E-state index contributed by atoms with van der Waals surface area (Å²) < 4.78 is 4.89. The molecule has 0 aliphatic heterocycles. The van der Waals surface area contributed by atoms with E-state index >= 15 is 0 Å². The van der Waals surface area contributed by atoms with Gasteiger partial charge in [0.1, 0.15) is 0 Å². The number of nitrogens with two attached hydrogens (primary N) is 1. The van der Waals surface area contributed by atoms with E-state index in [4.69, 9.17) is 15.3 Å². The van der Waals surface area contributed by atoms with Gasteiger partial charge < -0.3 is 15.3 Å². The van der Waals surface area contributed by atoms with Crippen LogP contribution in [-0.2, 0) is 4.79 Å². The number of nitrogens with one attached hydrogen (secondary N) is 1. The predicted molar refractivity (Wildman–Crippen MR) is 63.0 cm³/mol. The van der Waals surface area contributed by atoms with E-state index in [9.17, 15) is 9.59 Å². The number of benzene rings is 1. The molecule has 1 aliphatic carbocycles. The summed E-state index contributed by atoms with van der Waals surface area (Å²) >= 11 is 0. The molecule has 1 aromatic heterocycles. The average molecular weight is 248 g/mol. The summed E-state index contributed by atoms with van der Waals surface area (Å²) in [6, 6.07) is 4.85. The van der Waals surface area contributed by atoms with Gasteiger partial charge in [-0.15, -0.1) is 0 Å². The van der Waals surface area contributed by atoms with Crippen molar-refractivity contribution in [2.45, 2.75) is 12.5 Å². The zero-order valence-electron chi connectivity index (χ0n) is 9.42. The van der Waals surface area contributed by atoms with Crippen LogP contribution in [0.25, 0.3) is 11.1 Å². The molecule has 4 N–H and O–H groups in total. The zero-order chi connectivity index (χ0) is 12.9. The second kappa shape index (κ2) is 3.71. The summed E-state index contributed by atoms with van der Waals surface area (Å²) in [4.78, 5) is 24.4. The van der Waals surface area contributed by atoms with Gasteiger partial charge in [0.05, 0.1) is 11.4 Å². The molecule has 0 saturated heterocycles. The first-order valence-corrected chi connectivity index (χ1v) is 5.67. The number of aromatic amines is 1. The summed E-state index contributed by atoms with van der Waals surface area (Å²) in [5.41, 5.74) is 7.91. The Morgan fingerprint density at radius 2 is 2.33 bits per heavy atom. The molecular weight excluding hydrogens is 236 g/mol. The maximum absolute atomic E-state index is 11.0. The van der Waals surface area contributed by atoms with Crippen molar-refractivity contribution in [2.24, 2.45) is 17.6 Å². The molecule has 6 heteroatoms. The molecule has 3 unspecified atom stereocenters. The lowest BCUT2D eigenvalue weighted by molar-refractivity contribution is -0.138. The fourth-order valence-corrected chi connectivity index (χ4v) is 2.32. The average Bonchev–Trinajstić information content (AvgIpc) is 3.03. The lowest BCUT2D eigenvalue weighted by Gasteiger charge is -2.10. The standard InChI is InChI=1S/C12H12N2O4/c13-10(6-4-7(6)11(15)16)5-1-2-9-8(3-5)14-12(17)18-9/h1-3,6-7,10H,4,13H2,(H,14,17)(H,15,16). The van der Waals surface area contributed by atoms with Crippen LogP contribution in [0.4, 0.5) is 0 Å². The van der Waals surface area contributed by atoms with Crippen LogP contribution in [0, 0.1) is 11.8 Å². The van der Waals surface area contributed by atoms with Crippen LogP contribution in [0.3, 0.4) is 0 Å². The largest absolute Gasteiger partial charge is 0.481 e. The number of hydrogen-bond acceptors (Lipinski definition) is 4. The highest BCUT2D eigenvalue weighted by Gasteiger charge is 2.47. The van der Waals surface area contributed by atoms with Gasteiger partial charge in [0.25, 0.3) is 0 Å². The van der Waals surface area contributed by atoms with E-state index < -0.39 is 11.7 Å². The van der Waals surface area contributed by atoms with Crippen molar-refractivity contribution in [2.75, 3.05) is 0 Å². The van der Waals surface area contributed by atoms with Crippen LogP contribution in [-0.4, -0.2) is 16.1 Å². The van der Waals surface area contributed by atoms with E-state index in [2.05, 4.69) is 4.98 Å². The van der Waals surface area contributed by atoms with Crippen molar-refractivity contribution >= 4 is 17.1 Å². The number of carboxylic acid groups (broad SMARTS) is 1. The number of carbonyl (C=O) groups is 1. The Hall–Kier alpha value is -2.08. The van der Waals surface area contributed by atoms with E-state index in [0.29, 0.717) is 17.5 Å². The molecule has 6 nitrogen and oxygen atoms in total. The first-order chi connectivity index (χ1) is 8.56. The van der Waals surface area contributed by atoms with Gasteiger partial charge in [-0.05, 0) is 30.0 Å². The molecule has 1 fully saturated rings. The topological polar surface area (TPSA) is 109 Å². The number of aliphatic carboxylic acids is 1. The molecule has 1 aliphatic rings. The van der Waals surface area contributed by atoms with Gasteiger partial charge in [-0.1, -0.05) is 6.07 Å². The molecule has 1 heterocycles. The second-order valence-corrected chi connectivity index (χ2v) is 4.64. The number of rotatable bonds is 3. The van der Waals surface area contributed by atoms with E-state index in [0.717, 1.165) is 5.56 Å². The van der Waals surface area contributed by atoms with E-state index in [1.807, 2.05) is 0 Å². The quantitative estimate of drug-likeness (QED) is 0.745. The molecular formula is C12H12N2O4. The van der Waals surface area contributed by atoms with Gasteiger partial charge in [0, 0.05) is 6.04 Å². The maximum Gasteiger partial charge on any atom is 0.417 e. The van der Waals surface area contributed by atoms with Crippen molar-refractivity contribution < 1.29 is 14.3 Å². The summed E-state index contributed by atoms with van der Waals surface area (Å²) in [6.07, 6.45) is 0.608. The van der Waals surface area contributed by atoms with Crippen LogP contribution in [0.5, 0.6) is 0 Å². The third-order valence-electron chi connectivity index (χ3n) is 3.45. The lowest BCUT2D eigenvalue weighted by atomic mass is 10.0. The number of hydrogen-bond donors (Lipinski definition) is 3. The van der Waals surface area contributed by atoms with Crippen molar-refractivity contribution in [1.82, 2.24) is 4.98 Å². The van der Waals surface area contributed by atoms with Gasteiger partial charge in [-0.25, -0.2) is 4.79 Å². The SMILES string of the molecule is NC(c1ccc2oc(=O)[nH]c2c1)C1CC1C(=O)O. The minimum Gasteiger partial charge on any atom is -0.481 e. The first-order valence-electron chi connectivity index (χ1n) is 5.67. The fraction of sp³-hybridized carbons (Fsp3) is 0.333. The number of aromatic nitrogens is 1.